The minimum atomic E-state index is -4.44. The number of nitrogens with zero attached hydrogens (tertiary/aromatic N) is 3. The van der Waals surface area contributed by atoms with E-state index < -0.39 is 17.2 Å². The number of alkyl halides is 3. The van der Waals surface area contributed by atoms with Gasteiger partial charge in [-0.3, -0.25) is 10.5 Å². The van der Waals surface area contributed by atoms with Crippen molar-refractivity contribution < 1.29 is 13.2 Å². The second-order valence-electron chi connectivity index (χ2n) is 3.97. The van der Waals surface area contributed by atoms with E-state index in [9.17, 15) is 13.2 Å². The van der Waals surface area contributed by atoms with Crippen molar-refractivity contribution in [1.82, 2.24) is 20.2 Å². The molecule has 1 atom stereocenters. The number of thiazole rings is 1. The van der Waals surface area contributed by atoms with Crippen LogP contribution in [0.3, 0.4) is 0 Å². The standard InChI is InChI=1S/C10H12F3N5S/c1-5-6(3-16-18(5)2)8(17-14)7-4-15-9(19-7)10(11,12)13/h3-4,8,17H,14H2,1-2H3. The molecule has 104 valence electrons. The molecule has 0 radical (unpaired) electrons. The fourth-order valence-corrected chi connectivity index (χ4v) is 2.54. The Hall–Kier alpha value is -1.45. The molecule has 5 nitrogen and oxygen atoms in total. The summed E-state index contributed by atoms with van der Waals surface area (Å²) in [6.07, 6.45) is -1.68. The lowest BCUT2D eigenvalue weighted by Crippen LogP contribution is -2.28. The average Bonchev–Trinajstić information content (AvgIpc) is 2.92. The summed E-state index contributed by atoms with van der Waals surface area (Å²) in [4.78, 5) is 3.78. The number of hydrogen-bond acceptors (Lipinski definition) is 5. The molecule has 0 amide bonds. The Morgan fingerprint density at radius 3 is 2.53 bits per heavy atom. The van der Waals surface area contributed by atoms with Crippen LogP contribution < -0.4 is 11.3 Å². The molecule has 2 aromatic rings. The van der Waals surface area contributed by atoms with Gasteiger partial charge in [-0.15, -0.1) is 11.3 Å². The van der Waals surface area contributed by atoms with Crippen molar-refractivity contribution in [2.75, 3.05) is 0 Å². The highest BCUT2D eigenvalue weighted by Crippen LogP contribution is 2.36. The molecule has 19 heavy (non-hydrogen) atoms. The largest absolute Gasteiger partial charge is 0.443 e. The van der Waals surface area contributed by atoms with Gasteiger partial charge in [-0.25, -0.2) is 10.4 Å². The van der Waals surface area contributed by atoms with E-state index in [1.165, 1.54) is 6.20 Å². The molecule has 2 rings (SSSR count). The van der Waals surface area contributed by atoms with Gasteiger partial charge in [-0.2, -0.15) is 18.3 Å². The van der Waals surface area contributed by atoms with Crippen LogP contribution >= 0.6 is 11.3 Å². The summed E-state index contributed by atoms with van der Waals surface area (Å²) >= 11 is 0.570. The number of hydrogen-bond donors (Lipinski definition) is 2. The Kier molecular flexibility index (Phi) is 3.61. The van der Waals surface area contributed by atoms with E-state index in [-0.39, 0.29) is 0 Å². The summed E-state index contributed by atoms with van der Waals surface area (Å²) in [7, 11) is 1.75. The van der Waals surface area contributed by atoms with Gasteiger partial charge in [0.1, 0.15) is 0 Å². The molecule has 0 aliphatic rings. The number of rotatable bonds is 3. The second kappa shape index (κ2) is 4.91. The van der Waals surface area contributed by atoms with Crippen LogP contribution in [0.25, 0.3) is 0 Å². The van der Waals surface area contributed by atoms with E-state index in [1.54, 1.807) is 17.9 Å². The first-order valence-corrected chi connectivity index (χ1v) is 6.13. The predicted octanol–water partition coefficient (Wildman–Crippen LogP) is 1.76. The highest BCUT2D eigenvalue weighted by atomic mass is 32.1. The average molecular weight is 291 g/mol. The first kappa shape index (κ1) is 14.0. The zero-order valence-electron chi connectivity index (χ0n) is 10.2. The molecule has 3 N–H and O–H groups in total. The summed E-state index contributed by atoms with van der Waals surface area (Å²) in [6, 6.07) is -0.553. The van der Waals surface area contributed by atoms with Crippen molar-refractivity contribution in [1.29, 1.82) is 0 Å². The van der Waals surface area contributed by atoms with Crippen molar-refractivity contribution in [3.8, 4) is 0 Å². The molecule has 0 aliphatic heterocycles. The van der Waals surface area contributed by atoms with Gasteiger partial charge in [0.15, 0.2) is 5.01 Å². The summed E-state index contributed by atoms with van der Waals surface area (Å²) in [5.41, 5.74) is 4.05. The highest BCUT2D eigenvalue weighted by molar-refractivity contribution is 7.11. The number of aromatic nitrogens is 3. The van der Waals surface area contributed by atoms with Crippen molar-refractivity contribution in [2.24, 2.45) is 12.9 Å². The van der Waals surface area contributed by atoms with E-state index >= 15 is 0 Å². The van der Waals surface area contributed by atoms with Gasteiger partial charge in [0.2, 0.25) is 0 Å². The summed E-state index contributed by atoms with van der Waals surface area (Å²) in [5, 5.41) is 3.16. The maximum Gasteiger partial charge on any atom is 0.443 e. The van der Waals surface area contributed by atoms with Gasteiger partial charge >= 0.3 is 6.18 Å². The molecule has 0 bridgehead atoms. The fraction of sp³-hybridized carbons (Fsp3) is 0.400. The Morgan fingerprint density at radius 1 is 1.42 bits per heavy atom. The monoisotopic (exact) mass is 291 g/mol. The summed E-state index contributed by atoms with van der Waals surface area (Å²) in [6.45, 7) is 1.82. The molecule has 0 saturated heterocycles. The molecule has 0 aliphatic carbocycles. The van der Waals surface area contributed by atoms with Crippen LogP contribution in [0, 0.1) is 6.92 Å². The van der Waals surface area contributed by atoms with Crippen LogP contribution in [0.15, 0.2) is 12.4 Å². The lowest BCUT2D eigenvalue weighted by molar-refractivity contribution is -0.137. The quantitative estimate of drug-likeness (QED) is 0.668. The third-order valence-electron chi connectivity index (χ3n) is 2.80. The van der Waals surface area contributed by atoms with Gasteiger partial charge in [0, 0.05) is 29.4 Å². The van der Waals surface area contributed by atoms with Crippen LogP contribution in [-0.2, 0) is 13.2 Å². The maximum atomic E-state index is 12.5. The van der Waals surface area contributed by atoms with E-state index in [0.717, 1.165) is 11.3 Å². The van der Waals surface area contributed by atoms with E-state index in [2.05, 4.69) is 15.5 Å². The van der Waals surface area contributed by atoms with Crippen LogP contribution in [0.2, 0.25) is 0 Å². The molecule has 0 spiro atoms. The smallest absolute Gasteiger partial charge is 0.273 e. The number of halogens is 3. The van der Waals surface area contributed by atoms with Gasteiger partial charge in [0.05, 0.1) is 12.2 Å². The number of aryl methyl sites for hydroxylation is 1. The number of nitrogens with one attached hydrogen (secondary N) is 1. The molecule has 9 heteroatoms. The van der Waals surface area contributed by atoms with Crippen LogP contribution in [-0.4, -0.2) is 14.8 Å². The first-order chi connectivity index (χ1) is 8.84. The lowest BCUT2D eigenvalue weighted by Gasteiger charge is -2.13. The zero-order valence-corrected chi connectivity index (χ0v) is 11.0. The Morgan fingerprint density at radius 2 is 2.11 bits per heavy atom. The van der Waals surface area contributed by atoms with Crippen LogP contribution in [0.1, 0.15) is 27.2 Å². The van der Waals surface area contributed by atoms with Crippen molar-refractivity contribution in [3.63, 3.8) is 0 Å². The van der Waals surface area contributed by atoms with E-state index in [4.69, 9.17) is 5.84 Å². The molecule has 1 unspecified atom stereocenters. The third-order valence-corrected chi connectivity index (χ3v) is 3.91. The van der Waals surface area contributed by atoms with Crippen molar-refractivity contribution in [3.05, 3.63) is 33.5 Å². The lowest BCUT2D eigenvalue weighted by atomic mass is 10.1. The Labute approximate surface area is 111 Å². The summed E-state index contributed by atoms with van der Waals surface area (Å²) in [5.74, 6) is 5.44. The topological polar surface area (TPSA) is 68.8 Å². The van der Waals surface area contributed by atoms with E-state index in [0.29, 0.717) is 16.2 Å². The van der Waals surface area contributed by atoms with Gasteiger partial charge in [0.25, 0.3) is 0 Å². The van der Waals surface area contributed by atoms with Gasteiger partial charge < -0.3 is 0 Å². The van der Waals surface area contributed by atoms with Crippen molar-refractivity contribution in [2.45, 2.75) is 19.1 Å². The molecule has 0 aromatic carbocycles. The first-order valence-electron chi connectivity index (χ1n) is 5.32. The van der Waals surface area contributed by atoms with Crippen molar-refractivity contribution >= 4 is 11.3 Å². The maximum absolute atomic E-state index is 12.5. The molecular weight excluding hydrogens is 279 g/mol. The third kappa shape index (κ3) is 2.62. The molecular formula is C10H12F3N5S. The minimum Gasteiger partial charge on any atom is -0.273 e. The molecule has 2 heterocycles. The molecule has 0 fully saturated rings. The van der Waals surface area contributed by atoms with Crippen LogP contribution in [0.4, 0.5) is 13.2 Å². The molecule has 2 aromatic heterocycles. The minimum absolute atomic E-state index is 0.394. The number of hydrazine groups is 1. The SMILES string of the molecule is Cc1c(C(NN)c2cnc(C(F)(F)F)s2)cnn1C. The highest BCUT2D eigenvalue weighted by Gasteiger charge is 2.35. The van der Waals surface area contributed by atoms with Crippen LogP contribution in [0.5, 0.6) is 0 Å². The molecule has 0 saturated carbocycles. The Balaban J connectivity index is 2.38. The zero-order chi connectivity index (χ0) is 14.2. The van der Waals surface area contributed by atoms with Gasteiger partial charge in [-0.05, 0) is 6.92 Å². The second-order valence-corrected chi connectivity index (χ2v) is 5.04. The fourth-order valence-electron chi connectivity index (χ4n) is 1.68. The van der Waals surface area contributed by atoms with Gasteiger partial charge in [-0.1, -0.05) is 0 Å². The van der Waals surface area contributed by atoms with E-state index in [1.807, 2.05) is 6.92 Å². The Bertz CT molecular complexity index is 574. The number of nitrogens with two attached hydrogens (primary N) is 1. The summed E-state index contributed by atoms with van der Waals surface area (Å²) < 4.78 is 39.2. The normalized spacial score (nSPS) is 13.8. The predicted molar refractivity (Wildman–Crippen MR) is 64.2 cm³/mol.